The first-order valence-corrected chi connectivity index (χ1v) is 4.27. The Bertz CT molecular complexity index is 443. The number of hydrogen-bond acceptors (Lipinski definition) is 2. The van der Waals surface area contributed by atoms with Crippen LogP contribution in [0.3, 0.4) is 0 Å². The quantitative estimate of drug-likeness (QED) is 0.640. The Labute approximate surface area is 76.9 Å². The summed E-state index contributed by atoms with van der Waals surface area (Å²) in [4.78, 5) is 0. The molecule has 2 aromatic rings. The van der Waals surface area contributed by atoms with Crippen molar-refractivity contribution in [3.8, 4) is 0 Å². The Morgan fingerprint density at radius 2 is 2.15 bits per heavy atom. The lowest BCUT2D eigenvalue weighted by atomic mass is 10.2. The average Bonchev–Trinajstić information content (AvgIpc) is 2.44. The maximum atomic E-state index is 5.86. The number of para-hydroxylation sites is 1. The molecule has 2 rings (SSSR count). The molecule has 0 saturated heterocycles. The second kappa shape index (κ2) is 2.78. The summed E-state index contributed by atoms with van der Waals surface area (Å²) in [6.07, 6.45) is 0. The number of rotatable bonds is 1. The van der Waals surface area contributed by atoms with Crippen LogP contribution in [0.25, 0.3) is 10.9 Å². The molecule has 3 nitrogen and oxygen atoms in total. The molecule has 0 aliphatic heterocycles. The van der Waals surface area contributed by atoms with Crippen LogP contribution in [-0.4, -0.2) is 4.57 Å². The first-order valence-electron chi connectivity index (χ1n) is 4.27. The van der Waals surface area contributed by atoms with Gasteiger partial charge in [0.1, 0.15) is 0 Å². The maximum Gasteiger partial charge on any atom is 0.0713 e. The van der Waals surface area contributed by atoms with Crippen molar-refractivity contribution in [2.75, 3.05) is 5.73 Å². The molecule has 1 aromatic heterocycles. The van der Waals surface area contributed by atoms with E-state index in [2.05, 4.69) is 6.07 Å². The SMILES string of the molecule is Cn1c(CN)cc2cccc(N)c21. The van der Waals surface area contributed by atoms with E-state index in [-0.39, 0.29) is 0 Å². The zero-order chi connectivity index (χ0) is 9.42. The van der Waals surface area contributed by atoms with Crippen LogP contribution in [0.1, 0.15) is 5.69 Å². The molecule has 0 saturated carbocycles. The van der Waals surface area contributed by atoms with Gasteiger partial charge < -0.3 is 16.0 Å². The number of anilines is 1. The van der Waals surface area contributed by atoms with Crippen LogP contribution < -0.4 is 11.5 Å². The van der Waals surface area contributed by atoms with E-state index < -0.39 is 0 Å². The van der Waals surface area contributed by atoms with Gasteiger partial charge >= 0.3 is 0 Å². The fourth-order valence-electron chi connectivity index (χ4n) is 1.70. The number of nitrogens with two attached hydrogens (primary N) is 2. The number of hydrogen-bond donors (Lipinski definition) is 2. The Morgan fingerprint density at radius 3 is 2.77 bits per heavy atom. The van der Waals surface area contributed by atoms with Gasteiger partial charge in [0, 0.05) is 24.7 Å². The molecule has 0 fully saturated rings. The molecule has 0 unspecified atom stereocenters. The topological polar surface area (TPSA) is 57.0 Å². The summed E-state index contributed by atoms with van der Waals surface area (Å²) in [5.74, 6) is 0. The lowest BCUT2D eigenvalue weighted by Crippen LogP contribution is -2.03. The Morgan fingerprint density at radius 1 is 1.38 bits per heavy atom. The molecule has 3 heteroatoms. The molecule has 0 radical (unpaired) electrons. The number of nitrogens with zero attached hydrogens (tertiary/aromatic N) is 1. The lowest BCUT2D eigenvalue weighted by molar-refractivity contribution is 0.850. The molecule has 68 valence electrons. The van der Waals surface area contributed by atoms with Crippen LogP contribution in [0.15, 0.2) is 24.3 Å². The van der Waals surface area contributed by atoms with E-state index in [0.29, 0.717) is 6.54 Å². The van der Waals surface area contributed by atoms with Crippen molar-refractivity contribution in [1.82, 2.24) is 4.57 Å². The molecule has 13 heavy (non-hydrogen) atoms. The number of benzene rings is 1. The number of nitrogen functional groups attached to an aromatic ring is 1. The van der Waals surface area contributed by atoms with E-state index in [1.54, 1.807) is 0 Å². The maximum absolute atomic E-state index is 5.86. The highest BCUT2D eigenvalue weighted by atomic mass is 15.0. The highest BCUT2D eigenvalue weighted by Gasteiger charge is 2.05. The zero-order valence-electron chi connectivity index (χ0n) is 7.62. The number of aryl methyl sites for hydroxylation is 1. The zero-order valence-corrected chi connectivity index (χ0v) is 7.62. The molecule has 1 heterocycles. The van der Waals surface area contributed by atoms with Crippen molar-refractivity contribution < 1.29 is 0 Å². The van der Waals surface area contributed by atoms with E-state index in [4.69, 9.17) is 11.5 Å². The highest BCUT2D eigenvalue weighted by Crippen LogP contribution is 2.23. The monoisotopic (exact) mass is 175 g/mol. The van der Waals surface area contributed by atoms with Crippen molar-refractivity contribution in [3.63, 3.8) is 0 Å². The van der Waals surface area contributed by atoms with Crippen molar-refractivity contribution >= 4 is 16.6 Å². The molecular formula is C10H13N3. The predicted octanol–water partition coefficient (Wildman–Crippen LogP) is 1.22. The third kappa shape index (κ3) is 1.09. The Balaban J connectivity index is 2.85. The highest BCUT2D eigenvalue weighted by molar-refractivity contribution is 5.91. The van der Waals surface area contributed by atoms with Gasteiger partial charge in [-0.2, -0.15) is 0 Å². The summed E-state index contributed by atoms with van der Waals surface area (Å²) in [5, 5.41) is 1.16. The largest absolute Gasteiger partial charge is 0.397 e. The summed E-state index contributed by atoms with van der Waals surface area (Å²) < 4.78 is 2.05. The average molecular weight is 175 g/mol. The third-order valence-corrected chi connectivity index (χ3v) is 2.40. The molecule has 1 aromatic carbocycles. The standard InChI is InChI=1S/C10H13N3/c1-13-8(6-11)5-7-3-2-4-9(12)10(7)13/h2-5H,6,11-12H2,1H3. The van der Waals surface area contributed by atoms with E-state index >= 15 is 0 Å². The Hall–Kier alpha value is -1.48. The van der Waals surface area contributed by atoms with Gasteiger partial charge in [0.25, 0.3) is 0 Å². The van der Waals surface area contributed by atoms with Crippen molar-refractivity contribution in [2.24, 2.45) is 12.8 Å². The van der Waals surface area contributed by atoms with Crippen LogP contribution in [0.2, 0.25) is 0 Å². The lowest BCUT2D eigenvalue weighted by Gasteiger charge is -2.02. The van der Waals surface area contributed by atoms with Gasteiger partial charge in [-0.05, 0) is 12.1 Å². The van der Waals surface area contributed by atoms with E-state index in [1.165, 1.54) is 0 Å². The fraction of sp³-hybridized carbons (Fsp3) is 0.200. The molecule has 0 aliphatic rings. The van der Waals surface area contributed by atoms with E-state index in [0.717, 1.165) is 22.3 Å². The van der Waals surface area contributed by atoms with Crippen molar-refractivity contribution in [2.45, 2.75) is 6.54 Å². The van der Waals surface area contributed by atoms with Crippen LogP contribution in [0.4, 0.5) is 5.69 Å². The Kier molecular flexibility index (Phi) is 1.74. The second-order valence-electron chi connectivity index (χ2n) is 3.18. The minimum atomic E-state index is 0.546. The van der Waals surface area contributed by atoms with E-state index in [9.17, 15) is 0 Å². The van der Waals surface area contributed by atoms with Gasteiger partial charge in [0.2, 0.25) is 0 Å². The number of aromatic nitrogens is 1. The molecular weight excluding hydrogens is 162 g/mol. The molecule has 0 amide bonds. The summed E-state index contributed by atoms with van der Waals surface area (Å²) in [7, 11) is 1.99. The van der Waals surface area contributed by atoms with Crippen molar-refractivity contribution in [1.29, 1.82) is 0 Å². The van der Waals surface area contributed by atoms with Gasteiger partial charge in [-0.1, -0.05) is 12.1 Å². The van der Waals surface area contributed by atoms with Gasteiger partial charge in [0.15, 0.2) is 0 Å². The van der Waals surface area contributed by atoms with Crippen LogP contribution in [0, 0.1) is 0 Å². The third-order valence-electron chi connectivity index (χ3n) is 2.40. The smallest absolute Gasteiger partial charge is 0.0713 e. The minimum absolute atomic E-state index is 0.546. The summed E-state index contributed by atoms with van der Waals surface area (Å²) >= 11 is 0. The molecule has 0 atom stereocenters. The summed E-state index contributed by atoms with van der Waals surface area (Å²) in [6, 6.07) is 7.98. The summed E-state index contributed by atoms with van der Waals surface area (Å²) in [5.41, 5.74) is 14.4. The fourth-order valence-corrected chi connectivity index (χ4v) is 1.70. The van der Waals surface area contributed by atoms with Crippen LogP contribution >= 0.6 is 0 Å². The normalized spacial score (nSPS) is 10.9. The van der Waals surface area contributed by atoms with Crippen molar-refractivity contribution in [3.05, 3.63) is 30.0 Å². The molecule has 0 bridgehead atoms. The molecule has 0 aliphatic carbocycles. The van der Waals surface area contributed by atoms with Gasteiger partial charge in [0.05, 0.1) is 11.2 Å². The summed E-state index contributed by atoms with van der Waals surface area (Å²) in [6.45, 7) is 0.546. The van der Waals surface area contributed by atoms with E-state index in [1.807, 2.05) is 29.8 Å². The van der Waals surface area contributed by atoms with Gasteiger partial charge in [-0.25, -0.2) is 0 Å². The predicted molar refractivity (Wildman–Crippen MR) is 55.2 cm³/mol. The minimum Gasteiger partial charge on any atom is -0.397 e. The van der Waals surface area contributed by atoms with Gasteiger partial charge in [-0.3, -0.25) is 0 Å². The first kappa shape index (κ1) is 8.13. The second-order valence-corrected chi connectivity index (χ2v) is 3.18. The molecule has 4 N–H and O–H groups in total. The van der Waals surface area contributed by atoms with Gasteiger partial charge in [-0.15, -0.1) is 0 Å². The van der Waals surface area contributed by atoms with Crippen LogP contribution in [0.5, 0.6) is 0 Å². The molecule has 0 spiro atoms. The first-order chi connectivity index (χ1) is 6.24. The van der Waals surface area contributed by atoms with Crippen LogP contribution in [-0.2, 0) is 13.6 Å². The number of fused-ring (bicyclic) bond motifs is 1.